The molecule has 1 N–H and O–H groups in total. The summed E-state index contributed by atoms with van der Waals surface area (Å²) < 4.78 is 0. The first-order valence-corrected chi connectivity index (χ1v) is 7.30. The minimum Gasteiger partial charge on any atom is -0.476 e. The maximum Gasteiger partial charge on any atom is 0.355 e. The number of nitrogens with zero attached hydrogens (tertiary/aromatic N) is 2. The summed E-state index contributed by atoms with van der Waals surface area (Å²) in [6, 6.07) is 0. The highest BCUT2D eigenvalue weighted by Gasteiger charge is 2.21. The fourth-order valence-corrected chi connectivity index (χ4v) is 3.09. The van der Waals surface area contributed by atoms with Crippen LogP contribution in [0.1, 0.15) is 29.8 Å². The highest BCUT2D eigenvalue weighted by molar-refractivity contribution is 7.13. The fraction of sp³-hybridized carbons (Fsp3) is 0.429. The molecule has 1 fully saturated rings. The Kier molecular flexibility index (Phi) is 4.74. The van der Waals surface area contributed by atoms with Gasteiger partial charge in [0.2, 0.25) is 0 Å². The predicted molar refractivity (Wildman–Crippen MR) is 78.0 cm³/mol. The Morgan fingerprint density at radius 2 is 2.32 bits per heavy atom. The number of carboxylic acids is 1. The van der Waals surface area contributed by atoms with E-state index in [9.17, 15) is 4.79 Å². The van der Waals surface area contributed by atoms with Gasteiger partial charge in [0.25, 0.3) is 0 Å². The van der Waals surface area contributed by atoms with Crippen LogP contribution in [0.3, 0.4) is 0 Å². The van der Waals surface area contributed by atoms with Gasteiger partial charge in [-0.15, -0.1) is 11.3 Å². The molecular formula is C14H18N2O2S. The van der Waals surface area contributed by atoms with Crippen LogP contribution >= 0.6 is 11.3 Å². The highest BCUT2D eigenvalue weighted by atomic mass is 32.1. The number of anilines is 1. The summed E-state index contributed by atoms with van der Waals surface area (Å²) in [7, 11) is 0. The number of carbonyl (C=O) groups is 1. The molecular weight excluding hydrogens is 260 g/mol. The number of aromatic nitrogens is 1. The minimum atomic E-state index is -0.952. The van der Waals surface area contributed by atoms with Gasteiger partial charge >= 0.3 is 5.97 Å². The second-order valence-corrected chi connectivity index (χ2v) is 5.49. The molecule has 1 aromatic rings. The zero-order chi connectivity index (χ0) is 13.7. The largest absolute Gasteiger partial charge is 0.476 e. The first-order valence-electron chi connectivity index (χ1n) is 6.42. The van der Waals surface area contributed by atoms with Crippen LogP contribution in [0.4, 0.5) is 5.13 Å². The van der Waals surface area contributed by atoms with Crippen molar-refractivity contribution in [3.63, 3.8) is 0 Å². The fourth-order valence-electron chi connectivity index (χ4n) is 2.23. The molecule has 19 heavy (non-hydrogen) atoms. The molecule has 0 bridgehead atoms. The summed E-state index contributed by atoms with van der Waals surface area (Å²) in [5, 5.41) is 11.3. The van der Waals surface area contributed by atoms with E-state index in [-0.39, 0.29) is 5.69 Å². The van der Waals surface area contributed by atoms with Gasteiger partial charge in [-0.25, -0.2) is 9.78 Å². The zero-order valence-corrected chi connectivity index (χ0v) is 11.6. The molecule has 0 aliphatic carbocycles. The van der Waals surface area contributed by atoms with Gasteiger partial charge in [0.15, 0.2) is 10.8 Å². The first-order chi connectivity index (χ1) is 9.20. The number of hydrogen-bond acceptors (Lipinski definition) is 4. The molecule has 1 saturated heterocycles. The van der Waals surface area contributed by atoms with Crippen LogP contribution in [-0.4, -0.2) is 29.1 Å². The molecule has 102 valence electrons. The number of allylic oxidation sites excluding steroid dienone is 3. The first kappa shape index (κ1) is 13.8. The average Bonchev–Trinajstić information content (AvgIpc) is 2.90. The highest BCUT2D eigenvalue weighted by Crippen LogP contribution is 2.27. The number of carboxylic acid groups (broad SMARTS) is 1. The van der Waals surface area contributed by atoms with Gasteiger partial charge in [-0.3, -0.25) is 0 Å². The van der Waals surface area contributed by atoms with E-state index in [0.717, 1.165) is 37.5 Å². The van der Waals surface area contributed by atoms with E-state index in [2.05, 4.69) is 22.5 Å². The van der Waals surface area contributed by atoms with Crippen molar-refractivity contribution in [2.24, 2.45) is 5.92 Å². The van der Waals surface area contributed by atoms with Crippen LogP contribution in [0.2, 0.25) is 0 Å². The summed E-state index contributed by atoms with van der Waals surface area (Å²) in [6.07, 6.45) is 9.31. The van der Waals surface area contributed by atoms with E-state index in [1.54, 1.807) is 11.5 Å². The third-order valence-corrected chi connectivity index (χ3v) is 4.24. The average molecular weight is 278 g/mol. The molecule has 0 amide bonds. The molecule has 2 rings (SSSR count). The Bertz CT molecular complexity index is 474. The molecule has 0 atom stereocenters. The molecule has 0 unspecified atom stereocenters. The number of hydrogen-bond donors (Lipinski definition) is 1. The minimum absolute atomic E-state index is 0.149. The van der Waals surface area contributed by atoms with Crippen LogP contribution in [0.5, 0.6) is 0 Å². The normalized spacial score (nSPS) is 16.9. The summed E-state index contributed by atoms with van der Waals surface area (Å²) in [4.78, 5) is 17.1. The Balaban J connectivity index is 1.86. The summed E-state index contributed by atoms with van der Waals surface area (Å²) in [5.41, 5.74) is 0.149. The summed E-state index contributed by atoms with van der Waals surface area (Å²) in [5.74, 6) is -0.238. The van der Waals surface area contributed by atoms with E-state index in [1.807, 2.05) is 6.08 Å². The lowest BCUT2D eigenvalue weighted by Crippen LogP contribution is -2.33. The number of aromatic carboxylic acids is 1. The predicted octanol–water partition coefficient (Wildman–Crippen LogP) is 3.19. The van der Waals surface area contributed by atoms with Crippen LogP contribution < -0.4 is 4.90 Å². The lowest BCUT2D eigenvalue weighted by atomic mass is 9.94. The smallest absolute Gasteiger partial charge is 0.355 e. The van der Waals surface area contributed by atoms with Gasteiger partial charge in [0, 0.05) is 18.5 Å². The Labute approximate surface area is 117 Å². The molecule has 0 aromatic carbocycles. The molecule has 1 aliphatic rings. The molecule has 2 heterocycles. The van der Waals surface area contributed by atoms with Crippen molar-refractivity contribution >= 4 is 22.4 Å². The van der Waals surface area contributed by atoms with Gasteiger partial charge in [-0.1, -0.05) is 24.8 Å². The van der Waals surface area contributed by atoms with Crippen LogP contribution in [-0.2, 0) is 0 Å². The number of thiazole rings is 1. The lowest BCUT2D eigenvalue weighted by molar-refractivity contribution is 0.0691. The number of piperidine rings is 1. The second kappa shape index (κ2) is 6.52. The van der Waals surface area contributed by atoms with Crippen molar-refractivity contribution in [1.82, 2.24) is 4.98 Å². The van der Waals surface area contributed by atoms with Crippen molar-refractivity contribution in [1.29, 1.82) is 0 Å². The van der Waals surface area contributed by atoms with E-state index < -0.39 is 5.97 Å². The zero-order valence-electron chi connectivity index (χ0n) is 10.8. The standard InChI is InChI=1S/C14H18N2O2S/c1-2-3-4-5-11-6-8-16(9-7-11)14-15-12(10-19-14)13(17)18/h2-4,10-11H,1,5-9H2,(H,17,18)/b4-3-. The summed E-state index contributed by atoms with van der Waals surface area (Å²) in [6.45, 7) is 5.58. The van der Waals surface area contributed by atoms with Crippen molar-refractivity contribution in [2.45, 2.75) is 19.3 Å². The van der Waals surface area contributed by atoms with Crippen molar-refractivity contribution in [2.75, 3.05) is 18.0 Å². The number of rotatable bonds is 5. The van der Waals surface area contributed by atoms with Gasteiger partial charge in [0.1, 0.15) is 0 Å². The second-order valence-electron chi connectivity index (χ2n) is 4.65. The third kappa shape index (κ3) is 3.67. The molecule has 5 heteroatoms. The molecule has 0 spiro atoms. The van der Waals surface area contributed by atoms with Crippen LogP contribution in [0.25, 0.3) is 0 Å². The van der Waals surface area contributed by atoms with Crippen molar-refractivity contribution < 1.29 is 9.90 Å². The quantitative estimate of drug-likeness (QED) is 0.840. The van der Waals surface area contributed by atoms with E-state index in [0.29, 0.717) is 5.92 Å². The van der Waals surface area contributed by atoms with Gasteiger partial charge in [0.05, 0.1) is 0 Å². The molecule has 0 saturated carbocycles. The van der Waals surface area contributed by atoms with E-state index in [1.165, 1.54) is 11.3 Å². The van der Waals surface area contributed by atoms with Crippen LogP contribution in [0, 0.1) is 5.92 Å². The summed E-state index contributed by atoms with van der Waals surface area (Å²) >= 11 is 1.41. The SMILES string of the molecule is C=C/C=C\CC1CCN(c2nc(C(=O)O)cs2)CC1. The van der Waals surface area contributed by atoms with Crippen molar-refractivity contribution in [3.8, 4) is 0 Å². The monoisotopic (exact) mass is 278 g/mol. The Hall–Kier alpha value is -1.62. The van der Waals surface area contributed by atoms with E-state index >= 15 is 0 Å². The molecule has 1 aliphatic heterocycles. The molecule has 4 nitrogen and oxygen atoms in total. The molecule has 0 radical (unpaired) electrons. The van der Waals surface area contributed by atoms with Gasteiger partial charge in [-0.2, -0.15) is 0 Å². The third-order valence-electron chi connectivity index (χ3n) is 3.34. The Morgan fingerprint density at radius 1 is 1.58 bits per heavy atom. The van der Waals surface area contributed by atoms with Crippen LogP contribution in [0.15, 0.2) is 30.2 Å². The maximum atomic E-state index is 10.8. The van der Waals surface area contributed by atoms with Gasteiger partial charge in [-0.05, 0) is 25.2 Å². The van der Waals surface area contributed by atoms with Crippen molar-refractivity contribution in [3.05, 3.63) is 35.9 Å². The van der Waals surface area contributed by atoms with E-state index in [4.69, 9.17) is 5.11 Å². The lowest BCUT2D eigenvalue weighted by Gasteiger charge is -2.31. The molecule has 1 aromatic heterocycles. The topological polar surface area (TPSA) is 53.4 Å². The Morgan fingerprint density at radius 3 is 2.89 bits per heavy atom. The van der Waals surface area contributed by atoms with Gasteiger partial charge < -0.3 is 10.0 Å². The maximum absolute atomic E-state index is 10.8.